The topological polar surface area (TPSA) is 113 Å². The average Bonchev–Trinajstić information content (AvgIpc) is 3.39. The lowest BCUT2D eigenvalue weighted by atomic mass is 9.85. The standard InChI is InChI=1S/C25H28ClFN4O5S/c1-25(2,24(33)34)11-15-13-36-8-7-31(15)12-18-19(23(32)35-3)20(16-5-4-14(27)10-17(16)26)30-21(29-18)22-28-6-9-37-22/h4-6,9-10,15,20H,7-8,11-13H2,1-3H3,(H,29,30)(H,33,34)/t15?,20-/m0/s1. The Labute approximate surface area is 223 Å². The molecule has 0 amide bonds. The van der Waals surface area contributed by atoms with E-state index in [0.717, 1.165) is 0 Å². The fourth-order valence-electron chi connectivity index (χ4n) is 4.43. The van der Waals surface area contributed by atoms with E-state index in [4.69, 9.17) is 26.1 Å². The van der Waals surface area contributed by atoms with E-state index in [0.29, 0.717) is 48.3 Å². The van der Waals surface area contributed by atoms with Gasteiger partial charge in [0.1, 0.15) is 11.9 Å². The molecule has 2 aliphatic heterocycles. The van der Waals surface area contributed by atoms with E-state index < -0.39 is 29.2 Å². The minimum Gasteiger partial charge on any atom is -0.481 e. The van der Waals surface area contributed by atoms with Crippen molar-refractivity contribution in [3.63, 3.8) is 0 Å². The van der Waals surface area contributed by atoms with Crippen LogP contribution in [-0.2, 0) is 19.1 Å². The highest BCUT2D eigenvalue weighted by Crippen LogP contribution is 2.37. The van der Waals surface area contributed by atoms with Crippen molar-refractivity contribution >= 4 is 40.7 Å². The number of aliphatic imine (C=N–C) groups is 1. The number of benzene rings is 1. The monoisotopic (exact) mass is 550 g/mol. The van der Waals surface area contributed by atoms with E-state index in [1.54, 1.807) is 20.0 Å². The van der Waals surface area contributed by atoms with E-state index in [1.807, 2.05) is 5.38 Å². The van der Waals surface area contributed by atoms with Crippen LogP contribution in [0.5, 0.6) is 0 Å². The lowest BCUT2D eigenvalue weighted by Crippen LogP contribution is -2.51. The van der Waals surface area contributed by atoms with E-state index >= 15 is 0 Å². The van der Waals surface area contributed by atoms with Crippen LogP contribution in [0.25, 0.3) is 0 Å². The van der Waals surface area contributed by atoms with Crippen LogP contribution < -0.4 is 5.32 Å². The number of carboxylic acids is 1. The largest absolute Gasteiger partial charge is 0.481 e. The van der Waals surface area contributed by atoms with Crippen LogP contribution in [0.1, 0.15) is 36.9 Å². The zero-order chi connectivity index (χ0) is 26.7. The first-order chi connectivity index (χ1) is 17.6. The third kappa shape index (κ3) is 6.01. The summed E-state index contributed by atoms with van der Waals surface area (Å²) in [5, 5.41) is 15.5. The molecule has 1 saturated heterocycles. The van der Waals surface area contributed by atoms with Crippen molar-refractivity contribution in [3.05, 3.63) is 62.5 Å². The van der Waals surface area contributed by atoms with Crippen molar-refractivity contribution in [3.8, 4) is 0 Å². The van der Waals surface area contributed by atoms with Crippen molar-refractivity contribution in [2.75, 3.05) is 33.4 Å². The second-order valence-electron chi connectivity index (χ2n) is 9.48. The fourth-order valence-corrected chi connectivity index (χ4v) is 5.29. The number of ether oxygens (including phenoxy) is 2. The quantitative estimate of drug-likeness (QED) is 0.479. The van der Waals surface area contributed by atoms with Gasteiger partial charge in [0.2, 0.25) is 0 Å². The predicted octanol–water partition coefficient (Wildman–Crippen LogP) is 3.66. The summed E-state index contributed by atoms with van der Waals surface area (Å²) >= 11 is 7.79. The Hall–Kier alpha value is -2.86. The Kier molecular flexibility index (Phi) is 8.27. The van der Waals surface area contributed by atoms with Gasteiger partial charge in [-0.15, -0.1) is 11.3 Å². The summed E-state index contributed by atoms with van der Waals surface area (Å²) in [4.78, 5) is 36.1. The van der Waals surface area contributed by atoms with Gasteiger partial charge in [0, 0.05) is 47.0 Å². The molecule has 37 heavy (non-hydrogen) atoms. The van der Waals surface area contributed by atoms with Crippen LogP contribution >= 0.6 is 22.9 Å². The van der Waals surface area contributed by atoms with E-state index in [-0.39, 0.29) is 23.2 Å². The molecule has 1 aromatic carbocycles. The van der Waals surface area contributed by atoms with Gasteiger partial charge in [0.15, 0.2) is 10.8 Å². The molecular weight excluding hydrogens is 523 g/mol. The van der Waals surface area contributed by atoms with Crippen LogP contribution in [0, 0.1) is 11.2 Å². The molecule has 0 saturated carbocycles. The van der Waals surface area contributed by atoms with E-state index in [2.05, 4.69) is 15.2 Å². The number of carbonyl (C=O) groups excluding carboxylic acids is 1. The van der Waals surface area contributed by atoms with Crippen LogP contribution in [-0.4, -0.2) is 72.2 Å². The summed E-state index contributed by atoms with van der Waals surface area (Å²) in [5.41, 5.74) is 0.236. The number of hydrogen-bond donors (Lipinski definition) is 2. The van der Waals surface area contributed by atoms with Gasteiger partial charge in [0.05, 0.1) is 31.3 Å². The number of aliphatic carboxylic acids is 1. The number of nitrogens with one attached hydrogen (secondary N) is 1. The SMILES string of the molecule is COC(=O)C1=C(CN2CCOCC2CC(C)(C)C(=O)O)NC(c2nccs2)=N[C@H]1c1ccc(F)cc1Cl. The number of amidine groups is 1. The smallest absolute Gasteiger partial charge is 0.338 e. The number of hydrogen-bond acceptors (Lipinski definition) is 9. The number of rotatable bonds is 8. The molecule has 0 aliphatic carbocycles. The molecule has 2 N–H and O–H groups in total. The van der Waals surface area contributed by atoms with E-state index in [1.165, 1.54) is 36.6 Å². The molecule has 3 heterocycles. The predicted molar refractivity (Wildman–Crippen MR) is 137 cm³/mol. The number of thiazole rings is 1. The Balaban J connectivity index is 1.78. The van der Waals surface area contributed by atoms with Gasteiger partial charge in [-0.05, 0) is 32.4 Å². The molecule has 1 aromatic heterocycles. The lowest BCUT2D eigenvalue weighted by molar-refractivity contribution is -0.149. The highest BCUT2D eigenvalue weighted by atomic mass is 35.5. The Morgan fingerprint density at radius 2 is 2.19 bits per heavy atom. The van der Waals surface area contributed by atoms with Crippen molar-refractivity contribution in [2.24, 2.45) is 10.4 Å². The normalized spacial score (nSPS) is 20.8. The van der Waals surface area contributed by atoms with Crippen molar-refractivity contribution in [1.29, 1.82) is 0 Å². The molecule has 2 aromatic rings. The van der Waals surface area contributed by atoms with Gasteiger partial charge in [-0.3, -0.25) is 14.7 Å². The Bertz CT molecular complexity index is 1230. The second kappa shape index (κ2) is 11.3. The van der Waals surface area contributed by atoms with E-state index in [9.17, 15) is 19.1 Å². The number of morpholine rings is 1. The Morgan fingerprint density at radius 3 is 2.84 bits per heavy atom. The molecular formula is C25H28ClFN4O5S. The maximum Gasteiger partial charge on any atom is 0.338 e. The molecule has 9 nitrogen and oxygen atoms in total. The van der Waals surface area contributed by atoms with Crippen molar-refractivity contribution in [2.45, 2.75) is 32.4 Å². The number of carboxylic acid groups (broad SMARTS) is 1. The lowest BCUT2D eigenvalue weighted by Gasteiger charge is -2.40. The number of esters is 1. The first-order valence-corrected chi connectivity index (χ1v) is 12.9. The summed E-state index contributed by atoms with van der Waals surface area (Å²) in [5.74, 6) is -1.57. The number of carbonyl (C=O) groups is 2. The number of nitrogens with zero attached hydrogens (tertiary/aromatic N) is 3. The molecule has 12 heteroatoms. The van der Waals surface area contributed by atoms with Crippen molar-refractivity contribution in [1.82, 2.24) is 15.2 Å². The molecule has 4 rings (SSSR count). The zero-order valence-electron chi connectivity index (χ0n) is 20.7. The average molecular weight is 551 g/mol. The zero-order valence-corrected chi connectivity index (χ0v) is 22.2. The minimum atomic E-state index is -0.971. The van der Waals surface area contributed by atoms with Gasteiger partial charge in [-0.25, -0.2) is 14.2 Å². The molecule has 1 unspecified atom stereocenters. The molecule has 2 atom stereocenters. The minimum absolute atomic E-state index is 0.127. The maximum atomic E-state index is 13.9. The summed E-state index contributed by atoms with van der Waals surface area (Å²) in [6, 6.07) is 2.87. The van der Waals surface area contributed by atoms with Gasteiger partial charge < -0.3 is 19.9 Å². The van der Waals surface area contributed by atoms with Crippen LogP contribution in [0.2, 0.25) is 5.02 Å². The highest BCUT2D eigenvalue weighted by molar-refractivity contribution is 7.11. The molecule has 1 fully saturated rings. The number of methoxy groups -OCH3 is 1. The third-order valence-corrected chi connectivity index (χ3v) is 7.57. The summed E-state index contributed by atoms with van der Waals surface area (Å²) in [7, 11) is 1.28. The first kappa shape index (κ1) is 27.2. The van der Waals surface area contributed by atoms with Crippen LogP contribution in [0.15, 0.2) is 46.0 Å². The van der Waals surface area contributed by atoms with Gasteiger partial charge in [-0.1, -0.05) is 17.7 Å². The highest BCUT2D eigenvalue weighted by Gasteiger charge is 2.38. The van der Waals surface area contributed by atoms with Crippen LogP contribution in [0.3, 0.4) is 0 Å². The number of aromatic nitrogens is 1. The van der Waals surface area contributed by atoms with Gasteiger partial charge in [0.25, 0.3) is 0 Å². The second-order valence-corrected chi connectivity index (χ2v) is 10.8. The molecule has 2 aliphatic rings. The molecule has 0 spiro atoms. The summed E-state index contributed by atoms with van der Waals surface area (Å²) in [6.45, 7) is 4.99. The fraction of sp³-hybridized carbons (Fsp3) is 0.440. The summed E-state index contributed by atoms with van der Waals surface area (Å²) in [6.07, 6.45) is 2.00. The van der Waals surface area contributed by atoms with Gasteiger partial charge in [-0.2, -0.15) is 0 Å². The first-order valence-electron chi connectivity index (χ1n) is 11.7. The number of halogens is 2. The molecule has 0 radical (unpaired) electrons. The third-order valence-electron chi connectivity index (χ3n) is 6.46. The molecule has 198 valence electrons. The summed E-state index contributed by atoms with van der Waals surface area (Å²) < 4.78 is 24.7. The molecule has 0 bridgehead atoms. The van der Waals surface area contributed by atoms with Crippen LogP contribution in [0.4, 0.5) is 4.39 Å². The van der Waals surface area contributed by atoms with Crippen molar-refractivity contribution < 1.29 is 28.6 Å². The maximum absolute atomic E-state index is 13.9. The van der Waals surface area contributed by atoms with Gasteiger partial charge >= 0.3 is 11.9 Å². The Morgan fingerprint density at radius 1 is 1.41 bits per heavy atom.